The van der Waals surface area contributed by atoms with Gasteiger partial charge >= 0.3 is 0 Å². The summed E-state index contributed by atoms with van der Waals surface area (Å²) in [7, 11) is 0. The van der Waals surface area contributed by atoms with E-state index in [4.69, 9.17) is 0 Å². The summed E-state index contributed by atoms with van der Waals surface area (Å²) in [5, 5.41) is 10.4. The molecule has 1 amide bonds. The summed E-state index contributed by atoms with van der Waals surface area (Å²) >= 11 is 0. The van der Waals surface area contributed by atoms with Crippen LogP contribution in [0.4, 0.5) is 0 Å². The van der Waals surface area contributed by atoms with Crippen molar-refractivity contribution < 1.29 is 4.79 Å². The molecule has 0 saturated carbocycles. The molecule has 0 aliphatic carbocycles. The largest absolute Gasteiger partial charge is 0.351 e. The highest BCUT2D eigenvalue weighted by atomic mass is 16.2. The van der Waals surface area contributed by atoms with E-state index in [-0.39, 0.29) is 11.9 Å². The fraction of sp³-hybridized carbons (Fsp3) is 0.444. The highest BCUT2D eigenvalue weighted by molar-refractivity contribution is 5.78. The van der Waals surface area contributed by atoms with Crippen molar-refractivity contribution in [2.45, 2.75) is 25.6 Å². The fourth-order valence-corrected chi connectivity index (χ4v) is 3.04. The van der Waals surface area contributed by atoms with Gasteiger partial charge in [0.1, 0.15) is 0 Å². The lowest BCUT2D eigenvalue weighted by Gasteiger charge is -2.17. The van der Waals surface area contributed by atoms with Crippen LogP contribution in [0.2, 0.25) is 0 Å². The summed E-state index contributed by atoms with van der Waals surface area (Å²) in [6.07, 6.45) is 4.70. The molecular formula is C18H25N5O. The Morgan fingerprint density at radius 3 is 2.92 bits per heavy atom. The van der Waals surface area contributed by atoms with Crippen molar-refractivity contribution in [1.82, 2.24) is 25.3 Å². The van der Waals surface area contributed by atoms with Crippen LogP contribution in [-0.4, -0.2) is 52.8 Å². The lowest BCUT2D eigenvalue weighted by atomic mass is 10.2. The molecule has 24 heavy (non-hydrogen) atoms. The molecule has 1 fully saturated rings. The van der Waals surface area contributed by atoms with Gasteiger partial charge in [0, 0.05) is 44.6 Å². The number of nitrogens with one attached hydrogen (secondary N) is 2. The lowest BCUT2D eigenvalue weighted by molar-refractivity contribution is -0.120. The Kier molecular flexibility index (Phi) is 5.98. The van der Waals surface area contributed by atoms with Gasteiger partial charge < -0.3 is 10.6 Å². The maximum absolute atomic E-state index is 12.0. The maximum atomic E-state index is 12.0. The van der Waals surface area contributed by atoms with Crippen LogP contribution >= 0.6 is 0 Å². The van der Waals surface area contributed by atoms with Crippen LogP contribution in [0.3, 0.4) is 0 Å². The normalized spacial score (nSPS) is 17.9. The summed E-state index contributed by atoms with van der Waals surface area (Å²) in [6, 6.07) is 12.6. The van der Waals surface area contributed by atoms with Crippen LogP contribution in [0.1, 0.15) is 12.0 Å². The van der Waals surface area contributed by atoms with E-state index in [2.05, 4.69) is 44.9 Å². The van der Waals surface area contributed by atoms with Gasteiger partial charge in [0.25, 0.3) is 0 Å². The number of carbonyl (C=O) groups excluding carboxylic acids is 1. The van der Waals surface area contributed by atoms with Crippen molar-refractivity contribution in [2.75, 3.05) is 26.2 Å². The number of amides is 1. The van der Waals surface area contributed by atoms with Crippen molar-refractivity contribution in [3.05, 3.63) is 54.4 Å². The minimum atomic E-state index is 0.0713. The van der Waals surface area contributed by atoms with Gasteiger partial charge in [-0.3, -0.25) is 14.4 Å². The van der Waals surface area contributed by atoms with Gasteiger partial charge in [-0.15, -0.1) is 0 Å². The Labute approximate surface area is 142 Å². The molecule has 0 bridgehead atoms. The average molecular weight is 327 g/mol. The summed E-state index contributed by atoms with van der Waals surface area (Å²) in [6.45, 7) is 4.78. The molecule has 1 saturated heterocycles. The quantitative estimate of drug-likeness (QED) is 0.706. The highest BCUT2D eigenvalue weighted by Gasteiger charge is 2.23. The molecule has 128 valence electrons. The zero-order valence-electron chi connectivity index (χ0n) is 13.9. The molecule has 1 aliphatic heterocycles. The molecule has 0 spiro atoms. The Hall–Kier alpha value is -2.18. The van der Waals surface area contributed by atoms with Gasteiger partial charge in [-0.1, -0.05) is 30.3 Å². The smallest absolute Gasteiger partial charge is 0.234 e. The first-order chi connectivity index (χ1) is 11.8. The Bertz CT molecular complexity index is 614. The Morgan fingerprint density at radius 2 is 2.12 bits per heavy atom. The molecule has 1 aromatic carbocycles. The molecule has 2 aromatic rings. The SMILES string of the molecule is O=C(CNCCn1cccn1)NC1CCN(Cc2ccccc2)C1. The van der Waals surface area contributed by atoms with Crippen molar-refractivity contribution in [3.63, 3.8) is 0 Å². The first kappa shape index (κ1) is 16.7. The Morgan fingerprint density at radius 1 is 1.25 bits per heavy atom. The monoisotopic (exact) mass is 327 g/mol. The molecule has 6 nitrogen and oxygen atoms in total. The van der Waals surface area contributed by atoms with E-state index in [1.807, 2.05) is 23.0 Å². The van der Waals surface area contributed by atoms with Gasteiger partial charge in [0.15, 0.2) is 0 Å². The zero-order chi connectivity index (χ0) is 16.6. The van der Waals surface area contributed by atoms with E-state index in [1.54, 1.807) is 6.20 Å². The summed E-state index contributed by atoms with van der Waals surface area (Å²) in [4.78, 5) is 14.4. The van der Waals surface area contributed by atoms with Crippen LogP contribution < -0.4 is 10.6 Å². The number of likely N-dealkylation sites (tertiary alicyclic amines) is 1. The molecule has 2 heterocycles. The zero-order valence-corrected chi connectivity index (χ0v) is 13.9. The molecule has 1 atom stereocenters. The first-order valence-corrected chi connectivity index (χ1v) is 8.53. The second-order valence-electron chi connectivity index (χ2n) is 6.22. The van der Waals surface area contributed by atoms with E-state index in [9.17, 15) is 4.79 Å². The summed E-state index contributed by atoms with van der Waals surface area (Å²) in [5.41, 5.74) is 1.32. The third-order valence-corrected chi connectivity index (χ3v) is 4.25. The highest BCUT2D eigenvalue weighted by Crippen LogP contribution is 2.13. The number of aromatic nitrogens is 2. The van der Waals surface area contributed by atoms with Crippen molar-refractivity contribution in [2.24, 2.45) is 0 Å². The van der Waals surface area contributed by atoms with Gasteiger partial charge in [0.2, 0.25) is 5.91 Å². The van der Waals surface area contributed by atoms with E-state index < -0.39 is 0 Å². The molecule has 3 rings (SSSR count). The number of benzene rings is 1. The van der Waals surface area contributed by atoms with Crippen LogP contribution in [0, 0.1) is 0 Å². The van der Waals surface area contributed by atoms with Crippen LogP contribution in [0.5, 0.6) is 0 Å². The van der Waals surface area contributed by atoms with E-state index >= 15 is 0 Å². The molecule has 0 radical (unpaired) electrons. The minimum absolute atomic E-state index is 0.0713. The van der Waals surface area contributed by atoms with Crippen molar-refractivity contribution in [3.8, 4) is 0 Å². The van der Waals surface area contributed by atoms with Gasteiger partial charge in [0.05, 0.1) is 13.1 Å². The molecule has 6 heteroatoms. The Balaban J connectivity index is 1.31. The van der Waals surface area contributed by atoms with Crippen LogP contribution in [0.15, 0.2) is 48.8 Å². The molecule has 1 aromatic heterocycles. The standard InChI is InChI=1S/C18H25N5O/c24-18(13-19-9-12-23-10-4-8-20-23)21-17-7-11-22(15-17)14-16-5-2-1-3-6-16/h1-6,8,10,17,19H,7,9,11-15H2,(H,21,24). The third kappa shape index (κ3) is 5.18. The van der Waals surface area contributed by atoms with E-state index in [1.165, 1.54) is 5.56 Å². The van der Waals surface area contributed by atoms with Crippen LogP contribution in [0.25, 0.3) is 0 Å². The number of rotatable bonds is 8. The number of carbonyl (C=O) groups is 1. The van der Waals surface area contributed by atoms with Gasteiger partial charge in [-0.2, -0.15) is 5.10 Å². The minimum Gasteiger partial charge on any atom is -0.351 e. The first-order valence-electron chi connectivity index (χ1n) is 8.53. The van der Waals surface area contributed by atoms with Crippen molar-refractivity contribution in [1.29, 1.82) is 0 Å². The summed E-state index contributed by atoms with van der Waals surface area (Å²) < 4.78 is 1.85. The maximum Gasteiger partial charge on any atom is 0.234 e. The molecule has 2 N–H and O–H groups in total. The predicted octanol–water partition coefficient (Wildman–Crippen LogP) is 0.863. The average Bonchev–Trinajstić information content (AvgIpc) is 3.25. The third-order valence-electron chi connectivity index (χ3n) is 4.25. The molecule has 1 aliphatic rings. The predicted molar refractivity (Wildman–Crippen MR) is 93.4 cm³/mol. The van der Waals surface area contributed by atoms with Gasteiger partial charge in [-0.25, -0.2) is 0 Å². The second-order valence-corrected chi connectivity index (χ2v) is 6.22. The second kappa shape index (κ2) is 8.61. The van der Waals surface area contributed by atoms with Crippen LogP contribution in [-0.2, 0) is 17.9 Å². The fourth-order valence-electron chi connectivity index (χ4n) is 3.04. The lowest BCUT2D eigenvalue weighted by Crippen LogP contribution is -2.42. The van der Waals surface area contributed by atoms with Gasteiger partial charge in [-0.05, 0) is 18.1 Å². The topological polar surface area (TPSA) is 62.2 Å². The number of hydrogen-bond acceptors (Lipinski definition) is 4. The molecular weight excluding hydrogens is 302 g/mol. The molecule has 1 unspecified atom stereocenters. The number of hydrogen-bond donors (Lipinski definition) is 2. The van der Waals surface area contributed by atoms with Crippen molar-refractivity contribution >= 4 is 5.91 Å². The summed E-state index contributed by atoms with van der Waals surface area (Å²) in [5.74, 6) is 0.0713. The van der Waals surface area contributed by atoms with E-state index in [0.717, 1.165) is 39.1 Å². The number of nitrogens with zero attached hydrogens (tertiary/aromatic N) is 3. The van der Waals surface area contributed by atoms with E-state index in [0.29, 0.717) is 6.54 Å².